The highest BCUT2D eigenvalue weighted by molar-refractivity contribution is 7.09. The number of thiophene rings is 1. The van der Waals surface area contributed by atoms with E-state index in [-0.39, 0.29) is 12.4 Å². The Kier molecular flexibility index (Phi) is 7.72. The molecule has 0 unspecified atom stereocenters. The summed E-state index contributed by atoms with van der Waals surface area (Å²) in [6.45, 7) is 3.31. The molecule has 0 aromatic carbocycles. The summed E-state index contributed by atoms with van der Waals surface area (Å²) in [7, 11) is 0. The van der Waals surface area contributed by atoms with Gasteiger partial charge in [0.2, 0.25) is 5.91 Å². The zero-order valence-electron chi connectivity index (χ0n) is 13.2. The van der Waals surface area contributed by atoms with Crippen molar-refractivity contribution in [2.45, 2.75) is 45.6 Å². The molecule has 0 aliphatic carbocycles. The number of hydrogen-bond acceptors (Lipinski definition) is 5. The number of aryl methyl sites for hydroxylation is 1. The lowest BCUT2D eigenvalue weighted by molar-refractivity contribution is -0.137. The Labute approximate surface area is 135 Å². The molecule has 0 saturated heterocycles. The molecule has 6 heteroatoms. The molecule has 1 aromatic heterocycles. The van der Waals surface area contributed by atoms with E-state index in [2.05, 4.69) is 5.32 Å². The summed E-state index contributed by atoms with van der Waals surface area (Å²) >= 11 is 1.65. The van der Waals surface area contributed by atoms with E-state index in [1.54, 1.807) is 25.2 Å². The molecule has 1 amide bonds. The van der Waals surface area contributed by atoms with Gasteiger partial charge in [-0.1, -0.05) is 19.9 Å². The van der Waals surface area contributed by atoms with Gasteiger partial charge < -0.3 is 15.5 Å². The van der Waals surface area contributed by atoms with E-state index in [1.165, 1.54) is 4.88 Å². The molecule has 3 N–H and O–H groups in total. The zero-order valence-corrected chi connectivity index (χ0v) is 14.0. The van der Waals surface area contributed by atoms with Crippen molar-refractivity contribution in [1.29, 1.82) is 0 Å². The quantitative estimate of drug-likeness (QED) is 0.569. The van der Waals surface area contributed by atoms with Crippen LogP contribution in [0.5, 0.6) is 0 Å². The predicted octanol–water partition coefficient (Wildman–Crippen LogP) is 1.53. The average Bonchev–Trinajstić information content (AvgIpc) is 3.01. The molecule has 0 bridgehead atoms. The first kappa shape index (κ1) is 18.8. The van der Waals surface area contributed by atoms with Gasteiger partial charge in [0.05, 0.1) is 6.61 Å². The Morgan fingerprint density at radius 2 is 2.09 bits per heavy atom. The third-order valence-corrected chi connectivity index (χ3v) is 4.49. The van der Waals surface area contributed by atoms with Crippen molar-refractivity contribution in [1.82, 2.24) is 5.32 Å². The summed E-state index contributed by atoms with van der Waals surface area (Å²) in [5.41, 5.74) is -0.874. The Bertz CT molecular complexity index is 471. The summed E-state index contributed by atoms with van der Waals surface area (Å²) in [6.07, 6.45) is 1.01. The fourth-order valence-corrected chi connectivity index (χ4v) is 2.59. The van der Waals surface area contributed by atoms with Gasteiger partial charge in [-0.2, -0.15) is 0 Å². The Balaban J connectivity index is 2.16. The van der Waals surface area contributed by atoms with E-state index < -0.39 is 17.4 Å². The van der Waals surface area contributed by atoms with Crippen LogP contribution in [0.1, 0.15) is 38.0 Å². The Morgan fingerprint density at radius 1 is 1.36 bits per heavy atom. The minimum absolute atomic E-state index is 0.180. The Hall–Kier alpha value is -1.24. The minimum Gasteiger partial charge on any atom is -0.396 e. The molecule has 1 rings (SSSR count). The van der Waals surface area contributed by atoms with Crippen molar-refractivity contribution in [3.05, 3.63) is 22.4 Å². The second-order valence-corrected chi connectivity index (χ2v) is 7.09. The van der Waals surface area contributed by atoms with Gasteiger partial charge in [-0.25, -0.2) is 0 Å². The molecular formula is C16H25NO4S. The molecule has 5 nitrogen and oxygen atoms in total. The second-order valence-electron chi connectivity index (χ2n) is 6.06. The average molecular weight is 327 g/mol. The number of nitrogens with one attached hydrogen (secondary N) is 1. The minimum atomic E-state index is -1.26. The van der Waals surface area contributed by atoms with Gasteiger partial charge in [0.1, 0.15) is 11.9 Å². The van der Waals surface area contributed by atoms with Crippen LogP contribution in [0.25, 0.3) is 0 Å². The third-order valence-electron chi connectivity index (χ3n) is 3.56. The first-order valence-corrected chi connectivity index (χ1v) is 8.35. The molecule has 0 saturated carbocycles. The molecule has 0 fully saturated rings. The first-order valence-electron chi connectivity index (χ1n) is 7.47. The van der Waals surface area contributed by atoms with Crippen LogP contribution < -0.4 is 5.32 Å². The van der Waals surface area contributed by atoms with Gasteiger partial charge in [-0.15, -0.1) is 11.3 Å². The van der Waals surface area contributed by atoms with Crippen LogP contribution in [0.15, 0.2) is 17.5 Å². The molecule has 0 aliphatic rings. The van der Waals surface area contributed by atoms with Crippen molar-refractivity contribution in [3.8, 4) is 0 Å². The molecule has 22 heavy (non-hydrogen) atoms. The fourth-order valence-electron chi connectivity index (χ4n) is 1.88. The van der Waals surface area contributed by atoms with E-state index in [0.717, 1.165) is 6.42 Å². The van der Waals surface area contributed by atoms with Crippen molar-refractivity contribution in [3.63, 3.8) is 0 Å². The van der Waals surface area contributed by atoms with Crippen LogP contribution in [0, 0.1) is 5.41 Å². The normalized spacial score (nSPS) is 12.9. The van der Waals surface area contributed by atoms with Crippen LogP contribution in [0.4, 0.5) is 0 Å². The summed E-state index contributed by atoms with van der Waals surface area (Å²) in [5.74, 6) is -0.330. The molecular weight excluding hydrogens is 302 g/mol. The predicted molar refractivity (Wildman–Crippen MR) is 86.8 cm³/mol. The number of carbonyl (C=O) groups excluding carboxylic acids is 2. The van der Waals surface area contributed by atoms with Gasteiger partial charge in [-0.05, 0) is 24.3 Å². The second kappa shape index (κ2) is 9.02. The van der Waals surface area contributed by atoms with Crippen LogP contribution in [0.3, 0.4) is 0 Å². The number of aliphatic hydroxyl groups excluding tert-OH is 2. The molecule has 0 spiro atoms. The van der Waals surface area contributed by atoms with Crippen molar-refractivity contribution >= 4 is 23.0 Å². The molecule has 124 valence electrons. The van der Waals surface area contributed by atoms with Crippen molar-refractivity contribution in [2.24, 2.45) is 5.41 Å². The van der Waals surface area contributed by atoms with Gasteiger partial charge in [0.15, 0.2) is 0 Å². The molecule has 1 heterocycles. The topological polar surface area (TPSA) is 86.6 Å². The maximum atomic E-state index is 11.7. The standard InChI is InChI=1S/C16H25NO4S/c1-16(2,11-18)14(20)15(21)17-9-3-5-12(19)7-8-13-6-4-10-22-13/h4,6,10,14,18,20H,3,5,7-9,11H2,1-2H3,(H,17,21)/t14-/m0/s1. The number of Topliss-reactive ketones (excluding diaryl/α,β-unsaturated/α-hetero) is 1. The fraction of sp³-hybridized carbons (Fsp3) is 0.625. The number of aliphatic hydroxyl groups is 2. The maximum Gasteiger partial charge on any atom is 0.249 e. The van der Waals surface area contributed by atoms with E-state index >= 15 is 0 Å². The molecule has 0 aliphatic heterocycles. The first-order chi connectivity index (χ1) is 10.4. The smallest absolute Gasteiger partial charge is 0.249 e. The van der Waals surface area contributed by atoms with E-state index in [1.807, 2.05) is 17.5 Å². The highest BCUT2D eigenvalue weighted by Crippen LogP contribution is 2.19. The SMILES string of the molecule is CC(C)(CO)[C@@H](O)C(=O)NCCCC(=O)CCc1cccs1. The number of rotatable bonds is 10. The van der Waals surface area contributed by atoms with Crippen molar-refractivity contribution in [2.75, 3.05) is 13.2 Å². The largest absolute Gasteiger partial charge is 0.396 e. The monoisotopic (exact) mass is 327 g/mol. The maximum absolute atomic E-state index is 11.7. The van der Waals surface area contributed by atoms with Crippen LogP contribution in [-0.2, 0) is 16.0 Å². The van der Waals surface area contributed by atoms with Crippen LogP contribution >= 0.6 is 11.3 Å². The van der Waals surface area contributed by atoms with E-state index in [4.69, 9.17) is 5.11 Å². The lowest BCUT2D eigenvalue weighted by Gasteiger charge is -2.27. The van der Waals surface area contributed by atoms with Crippen molar-refractivity contribution < 1.29 is 19.8 Å². The summed E-state index contributed by atoms with van der Waals surface area (Å²) in [5, 5.41) is 23.5. The van der Waals surface area contributed by atoms with Crippen LogP contribution in [-0.4, -0.2) is 41.2 Å². The number of carbonyl (C=O) groups is 2. The molecule has 0 radical (unpaired) electrons. The summed E-state index contributed by atoms with van der Waals surface area (Å²) < 4.78 is 0. The van der Waals surface area contributed by atoms with E-state index in [0.29, 0.717) is 25.8 Å². The van der Waals surface area contributed by atoms with E-state index in [9.17, 15) is 14.7 Å². The van der Waals surface area contributed by atoms with Gasteiger partial charge >= 0.3 is 0 Å². The zero-order chi connectivity index (χ0) is 16.6. The number of ketones is 1. The highest BCUT2D eigenvalue weighted by atomic mass is 32.1. The number of amides is 1. The molecule has 1 atom stereocenters. The van der Waals surface area contributed by atoms with Gasteiger partial charge in [0, 0.05) is 29.7 Å². The summed E-state index contributed by atoms with van der Waals surface area (Å²) in [6, 6.07) is 3.99. The molecule has 1 aromatic rings. The van der Waals surface area contributed by atoms with Gasteiger partial charge in [-0.3, -0.25) is 9.59 Å². The van der Waals surface area contributed by atoms with Crippen LogP contribution in [0.2, 0.25) is 0 Å². The Morgan fingerprint density at radius 3 is 2.68 bits per heavy atom. The lowest BCUT2D eigenvalue weighted by atomic mass is 9.87. The third kappa shape index (κ3) is 6.25. The van der Waals surface area contributed by atoms with Gasteiger partial charge in [0.25, 0.3) is 0 Å². The lowest BCUT2D eigenvalue weighted by Crippen LogP contribution is -2.45. The number of hydrogen-bond donors (Lipinski definition) is 3. The highest BCUT2D eigenvalue weighted by Gasteiger charge is 2.32. The summed E-state index contributed by atoms with van der Waals surface area (Å²) in [4.78, 5) is 24.7.